The number of nitrogens with zero attached hydrogens (tertiary/aromatic N) is 1. The van der Waals surface area contributed by atoms with Gasteiger partial charge in [-0.25, -0.2) is 0 Å². The molecular formula is C17H36N2. The summed E-state index contributed by atoms with van der Waals surface area (Å²) in [6.45, 7) is 13.0. The summed E-state index contributed by atoms with van der Waals surface area (Å²) in [5, 5.41) is 3.69. The van der Waals surface area contributed by atoms with Crippen LogP contribution in [0.1, 0.15) is 72.6 Å². The molecule has 0 aromatic heterocycles. The van der Waals surface area contributed by atoms with Crippen molar-refractivity contribution < 1.29 is 0 Å². The van der Waals surface area contributed by atoms with E-state index < -0.39 is 0 Å². The van der Waals surface area contributed by atoms with Crippen molar-refractivity contribution in [3.63, 3.8) is 0 Å². The van der Waals surface area contributed by atoms with Gasteiger partial charge in [-0.1, -0.05) is 40.5 Å². The fourth-order valence-corrected chi connectivity index (χ4v) is 3.41. The molecule has 0 unspecified atom stereocenters. The standard InChI is InChI=1S/C17H36N2/c1-5-13-18-16-9-11-17(12-10-16)19(8-4)14-15(6-2)7-3/h15-18H,5-14H2,1-4H3. The lowest BCUT2D eigenvalue weighted by Crippen LogP contribution is -2.44. The highest BCUT2D eigenvalue weighted by molar-refractivity contribution is 4.83. The fraction of sp³-hybridized carbons (Fsp3) is 1.00. The predicted molar refractivity (Wildman–Crippen MR) is 85.7 cm³/mol. The second-order valence-electron chi connectivity index (χ2n) is 6.23. The first-order chi connectivity index (χ1) is 9.24. The lowest BCUT2D eigenvalue weighted by Gasteiger charge is -2.38. The van der Waals surface area contributed by atoms with Crippen LogP contribution in [-0.4, -0.2) is 36.6 Å². The lowest BCUT2D eigenvalue weighted by molar-refractivity contribution is 0.127. The van der Waals surface area contributed by atoms with E-state index in [9.17, 15) is 0 Å². The highest BCUT2D eigenvalue weighted by Crippen LogP contribution is 2.24. The van der Waals surface area contributed by atoms with Gasteiger partial charge >= 0.3 is 0 Å². The summed E-state index contributed by atoms with van der Waals surface area (Å²) >= 11 is 0. The van der Waals surface area contributed by atoms with E-state index in [4.69, 9.17) is 0 Å². The molecule has 0 aliphatic heterocycles. The average molecular weight is 268 g/mol. The van der Waals surface area contributed by atoms with Gasteiger partial charge in [-0.3, -0.25) is 0 Å². The number of hydrogen-bond acceptors (Lipinski definition) is 2. The summed E-state index contributed by atoms with van der Waals surface area (Å²) in [5.74, 6) is 0.899. The van der Waals surface area contributed by atoms with Crippen molar-refractivity contribution in [3.8, 4) is 0 Å². The van der Waals surface area contributed by atoms with Gasteiger partial charge in [-0.05, 0) is 51.1 Å². The first-order valence-corrected chi connectivity index (χ1v) is 8.72. The molecule has 0 atom stereocenters. The van der Waals surface area contributed by atoms with Gasteiger partial charge in [0.1, 0.15) is 0 Å². The molecule has 2 heteroatoms. The second kappa shape index (κ2) is 9.77. The Hall–Kier alpha value is -0.0800. The predicted octanol–water partition coefficient (Wildman–Crippen LogP) is 4.06. The largest absolute Gasteiger partial charge is 0.314 e. The summed E-state index contributed by atoms with van der Waals surface area (Å²) in [4.78, 5) is 2.76. The third kappa shape index (κ3) is 5.83. The molecule has 0 bridgehead atoms. The molecule has 1 aliphatic rings. The molecule has 0 aromatic rings. The molecule has 0 heterocycles. The maximum Gasteiger partial charge on any atom is 0.00964 e. The minimum Gasteiger partial charge on any atom is -0.314 e. The first-order valence-electron chi connectivity index (χ1n) is 8.72. The Kier molecular flexibility index (Phi) is 8.72. The van der Waals surface area contributed by atoms with Gasteiger partial charge in [0.15, 0.2) is 0 Å². The van der Waals surface area contributed by atoms with Crippen molar-refractivity contribution in [1.82, 2.24) is 10.2 Å². The summed E-state index contributed by atoms with van der Waals surface area (Å²) in [6.07, 6.45) is 9.48. The molecule has 0 aromatic carbocycles. The summed E-state index contributed by atoms with van der Waals surface area (Å²) in [5.41, 5.74) is 0. The smallest absolute Gasteiger partial charge is 0.00964 e. The van der Waals surface area contributed by atoms with Crippen LogP contribution < -0.4 is 5.32 Å². The van der Waals surface area contributed by atoms with Crippen LogP contribution in [0.15, 0.2) is 0 Å². The number of nitrogens with one attached hydrogen (secondary N) is 1. The molecule has 1 N–H and O–H groups in total. The van der Waals surface area contributed by atoms with Crippen molar-refractivity contribution in [2.45, 2.75) is 84.7 Å². The van der Waals surface area contributed by atoms with Gasteiger partial charge in [0.2, 0.25) is 0 Å². The van der Waals surface area contributed by atoms with Crippen LogP contribution >= 0.6 is 0 Å². The molecule has 0 saturated heterocycles. The number of rotatable bonds is 9. The molecule has 1 rings (SSSR count). The molecule has 0 amide bonds. The lowest BCUT2D eigenvalue weighted by atomic mass is 9.89. The Bertz CT molecular complexity index is 205. The van der Waals surface area contributed by atoms with Crippen LogP contribution in [-0.2, 0) is 0 Å². The second-order valence-corrected chi connectivity index (χ2v) is 6.23. The third-order valence-corrected chi connectivity index (χ3v) is 4.95. The highest BCUT2D eigenvalue weighted by Gasteiger charge is 2.25. The minimum absolute atomic E-state index is 0.794. The van der Waals surface area contributed by atoms with Gasteiger partial charge in [-0.15, -0.1) is 0 Å². The van der Waals surface area contributed by atoms with Crippen molar-refractivity contribution in [2.75, 3.05) is 19.6 Å². The van der Waals surface area contributed by atoms with Crippen LogP contribution in [0.4, 0.5) is 0 Å². The average Bonchev–Trinajstić information content (AvgIpc) is 2.47. The highest BCUT2D eigenvalue weighted by atomic mass is 15.2. The molecule has 1 saturated carbocycles. The Labute approximate surface area is 121 Å². The van der Waals surface area contributed by atoms with Gasteiger partial charge in [0, 0.05) is 18.6 Å². The normalized spacial score (nSPS) is 24.3. The van der Waals surface area contributed by atoms with E-state index in [1.54, 1.807) is 0 Å². The zero-order chi connectivity index (χ0) is 14.1. The van der Waals surface area contributed by atoms with Crippen molar-refractivity contribution in [2.24, 2.45) is 5.92 Å². The van der Waals surface area contributed by atoms with E-state index >= 15 is 0 Å². The van der Waals surface area contributed by atoms with Crippen LogP contribution in [0, 0.1) is 5.92 Å². The van der Waals surface area contributed by atoms with Gasteiger partial charge in [0.05, 0.1) is 0 Å². The maximum absolute atomic E-state index is 3.69. The van der Waals surface area contributed by atoms with E-state index in [1.807, 2.05) is 0 Å². The van der Waals surface area contributed by atoms with E-state index in [2.05, 4.69) is 37.9 Å². The van der Waals surface area contributed by atoms with Crippen molar-refractivity contribution in [1.29, 1.82) is 0 Å². The van der Waals surface area contributed by atoms with Gasteiger partial charge in [0.25, 0.3) is 0 Å². The minimum atomic E-state index is 0.794. The third-order valence-electron chi connectivity index (χ3n) is 4.95. The molecule has 1 aliphatic carbocycles. The SMILES string of the molecule is CCCNC1CCC(N(CC)CC(CC)CC)CC1. The Morgan fingerprint density at radius 3 is 2.11 bits per heavy atom. The van der Waals surface area contributed by atoms with Crippen LogP contribution in [0.2, 0.25) is 0 Å². The molecule has 0 spiro atoms. The molecule has 114 valence electrons. The summed E-state index contributed by atoms with van der Waals surface area (Å²) in [6, 6.07) is 1.65. The van der Waals surface area contributed by atoms with E-state index in [-0.39, 0.29) is 0 Å². The molecular weight excluding hydrogens is 232 g/mol. The van der Waals surface area contributed by atoms with E-state index in [0.717, 1.165) is 18.0 Å². The molecule has 0 radical (unpaired) electrons. The summed E-state index contributed by atoms with van der Waals surface area (Å²) in [7, 11) is 0. The van der Waals surface area contributed by atoms with Crippen LogP contribution in [0.5, 0.6) is 0 Å². The quantitative estimate of drug-likeness (QED) is 0.678. The van der Waals surface area contributed by atoms with Gasteiger partial charge < -0.3 is 10.2 Å². The maximum atomic E-state index is 3.69. The Morgan fingerprint density at radius 1 is 1.00 bits per heavy atom. The molecule has 2 nitrogen and oxygen atoms in total. The first kappa shape index (κ1) is 17.0. The van der Waals surface area contributed by atoms with Crippen LogP contribution in [0.3, 0.4) is 0 Å². The Morgan fingerprint density at radius 2 is 1.63 bits per heavy atom. The van der Waals surface area contributed by atoms with Gasteiger partial charge in [-0.2, -0.15) is 0 Å². The topological polar surface area (TPSA) is 15.3 Å². The number of hydrogen-bond donors (Lipinski definition) is 1. The summed E-state index contributed by atoms with van der Waals surface area (Å²) < 4.78 is 0. The molecule has 19 heavy (non-hydrogen) atoms. The zero-order valence-electron chi connectivity index (χ0n) is 13.8. The zero-order valence-corrected chi connectivity index (χ0v) is 13.8. The van der Waals surface area contributed by atoms with E-state index in [1.165, 1.54) is 64.6 Å². The monoisotopic (exact) mass is 268 g/mol. The van der Waals surface area contributed by atoms with Crippen molar-refractivity contribution in [3.05, 3.63) is 0 Å². The fourth-order valence-electron chi connectivity index (χ4n) is 3.41. The molecule has 1 fully saturated rings. The van der Waals surface area contributed by atoms with E-state index in [0.29, 0.717) is 0 Å². The van der Waals surface area contributed by atoms with Crippen LogP contribution in [0.25, 0.3) is 0 Å². The Balaban J connectivity index is 2.34. The van der Waals surface area contributed by atoms with Crippen molar-refractivity contribution >= 4 is 0 Å².